The summed E-state index contributed by atoms with van der Waals surface area (Å²) in [6, 6.07) is 12.7. The first kappa shape index (κ1) is 16.0. The maximum Gasteiger partial charge on any atom is 0.161 e. The highest BCUT2D eigenvalue weighted by Gasteiger charge is 2.17. The molecule has 0 aliphatic rings. The van der Waals surface area contributed by atoms with Crippen molar-refractivity contribution in [2.75, 3.05) is 7.11 Å². The molecule has 0 radical (unpaired) electrons. The summed E-state index contributed by atoms with van der Waals surface area (Å²) in [5, 5.41) is 19.2. The quantitative estimate of drug-likeness (QED) is 0.841. The van der Waals surface area contributed by atoms with Crippen LogP contribution in [0.25, 0.3) is 5.57 Å². The van der Waals surface area contributed by atoms with E-state index in [1.807, 2.05) is 31.2 Å². The van der Waals surface area contributed by atoms with Gasteiger partial charge in [-0.05, 0) is 54.3 Å². The van der Waals surface area contributed by atoms with Crippen molar-refractivity contribution in [3.05, 3.63) is 59.7 Å². The van der Waals surface area contributed by atoms with E-state index < -0.39 is 0 Å². The summed E-state index contributed by atoms with van der Waals surface area (Å²) in [6.07, 6.45) is 3.03. The lowest BCUT2D eigenvalue weighted by Crippen LogP contribution is -2.01. The van der Waals surface area contributed by atoms with E-state index in [1.165, 1.54) is 5.57 Å². The second-order valence-electron chi connectivity index (χ2n) is 5.18. The molecule has 116 valence electrons. The van der Waals surface area contributed by atoms with Crippen LogP contribution in [0.5, 0.6) is 17.2 Å². The molecule has 0 amide bonds. The van der Waals surface area contributed by atoms with Gasteiger partial charge in [0.15, 0.2) is 11.5 Å². The van der Waals surface area contributed by atoms with Crippen LogP contribution in [0.3, 0.4) is 0 Å². The Hall–Kier alpha value is -2.42. The number of benzene rings is 2. The molecule has 0 aromatic heterocycles. The normalized spacial score (nSPS) is 13.0. The average Bonchev–Trinajstić information content (AvgIpc) is 2.54. The lowest BCUT2D eigenvalue weighted by Gasteiger charge is -2.20. The molecule has 0 bridgehead atoms. The van der Waals surface area contributed by atoms with Gasteiger partial charge < -0.3 is 14.9 Å². The number of allylic oxidation sites excluding steroid dienone is 2. The number of hydrogen-bond donors (Lipinski definition) is 2. The standard InChI is InChI=1S/C19H22O3/c1-4-16(13-6-9-15(20)10-7-13)17(5-2)14-8-11-18(21)19(12-14)22-3/h5-12,16,20-21H,4H2,1-3H3/b17-5+. The van der Waals surface area contributed by atoms with Crippen molar-refractivity contribution in [1.29, 1.82) is 0 Å². The van der Waals surface area contributed by atoms with Crippen LogP contribution in [0, 0.1) is 0 Å². The minimum atomic E-state index is 0.138. The van der Waals surface area contributed by atoms with E-state index in [0.717, 1.165) is 17.5 Å². The molecule has 0 saturated carbocycles. The van der Waals surface area contributed by atoms with Crippen LogP contribution in [-0.2, 0) is 0 Å². The molecule has 0 fully saturated rings. The Morgan fingerprint density at radius 1 is 1.14 bits per heavy atom. The van der Waals surface area contributed by atoms with Gasteiger partial charge in [0, 0.05) is 5.92 Å². The largest absolute Gasteiger partial charge is 0.508 e. The zero-order chi connectivity index (χ0) is 16.1. The highest BCUT2D eigenvalue weighted by molar-refractivity contribution is 5.73. The summed E-state index contributed by atoms with van der Waals surface area (Å²) >= 11 is 0. The molecule has 2 N–H and O–H groups in total. The van der Waals surface area contributed by atoms with Crippen LogP contribution < -0.4 is 4.74 Å². The van der Waals surface area contributed by atoms with Crippen LogP contribution in [0.2, 0.25) is 0 Å². The van der Waals surface area contributed by atoms with Crippen molar-refractivity contribution in [2.45, 2.75) is 26.2 Å². The van der Waals surface area contributed by atoms with E-state index in [1.54, 1.807) is 25.3 Å². The van der Waals surface area contributed by atoms with Crippen molar-refractivity contribution in [1.82, 2.24) is 0 Å². The summed E-state index contributed by atoms with van der Waals surface area (Å²) in [6.45, 7) is 4.15. The predicted octanol–water partition coefficient (Wildman–Crippen LogP) is 4.70. The molecule has 1 unspecified atom stereocenters. The van der Waals surface area contributed by atoms with Crippen molar-refractivity contribution < 1.29 is 14.9 Å². The number of ether oxygens (including phenoxy) is 1. The summed E-state index contributed by atoms with van der Waals surface area (Å²) < 4.78 is 5.20. The van der Waals surface area contributed by atoms with Crippen LogP contribution in [0.15, 0.2) is 48.5 Å². The molecule has 2 aromatic carbocycles. The Morgan fingerprint density at radius 2 is 1.82 bits per heavy atom. The Kier molecular flexibility index (Phi) is 5.10. The number of methoxy groups -OCH3 is 1. The second-order valence-corrected chi connectivity index (χ2v) is 5.18. The number of phenols is 2. The first-order valence-corrected chi connectivity index (χ1v) is 7.43. The smallest absolute Gasteiger partial charge is 0.161 e. The Morgan fingerprint density at radius 3 is 2.36 bits per heavy atom. The second kappa shape index (κ2) is 7.03. The van der Waals surface area contributed by atoms with E-state index in [-0.39, 0.29) is 17.4 Å². The van der Waals surface area contributed by atoms with Crippen LogP contribution >= 0.6 is 0 Å². The molecule has 1 atom stereocenters. The first-order chi connectivity index (χ1) is 10.6. The molecule has 0 spiro atoms. The molecular weight excluding hydrogens is 276 g/mol. The molecule has 3 nitrogen and oxygen atoms in total. The van der Waals surface area contributed by atoms with Crippen molar-refractivity contribution in [3.63, 3.8) is 0 Å². The van der Waals surface area contributed by atoms with E-state index >= 15 is 0 Å². The Balaban J connectivity index is 2.43. The summed E-state index contributed by atoms with van der Waals surface area (Å²) in [5.74, 6) is 1.10. The zero-order valence-corrected chi connectivity index (χ0v) is 13.2. The molecule has 0 aliphatic carbocycles. The van der Waals surface area contributed by atoms with Gasteiger partial charge in [0.1, 0.15) is 5.75 Å². The van der Waals surface area contributed by atoms with Crippen molar-refractivity contribution in [2.24, 2.45) is 0 Å². The summed E-state index contributed by atoms with van der Waals surface area (Å²) in [5.41, 5.74) is 3.35. The topological polar surface area (TPSA) is 49.7 Å². The van der Waals surface area contributed by atoms with E-state index in [9.17, 15) is 10.2 Å². The predicted molar refractivity (Wildman–Crippen MR) is 89.4 cm³/mol. The van der Waals surface area contributed by atoms with Gasteiger partial charge in [-0.15, -0.1) is 0 Å². The maximum absolute atomic E-state index is 9.76. The Bertz CT molecular complexity index is 657. The summed E-state index contributed by atoms with van der Waals surface area (Å²) in [7, 11) is 1.55. The number of aromatic hydroxyl groups is 2. The van der Waals surface area contributed by atoms with Gasteiger partial charge in [-0.1, -0.05) is 31.2 Å². The van der Waals surface area contributed by atoms with Gasteiger partial charge >= 0.3 is 0 Å². The van der Waals surface area contributed by atoms with Crippen LogP contribution in [-0.4, -0.2) is 17.3 Å². The molecule has 2 rings (SSSR count). The number of hydrogen-bond acceptors (Lipinski definition) is 3. The van der Waals surface area contributed by atoms with Crippen LogP contribution in [0.4, 0.5) is 0 Å². The highest BCUT2D eigenvalue weighted by atomic mass is 16.5. The fraction of sp³-hybridized carbons (Fsp3) is 0.263. The SMILES string of the molecule is C/C=C(\c1ccc(O)c(OC)c1)C(CC)c1ccc(O)cc1. The monoisotopic (exact) mass is 298 g/mol. The van der Waals surface area contributed by atoms with E-state index in [4.69, 9.17) is 4.74 Å². The molecule has 3 heteroatoms. The minimum Gasteiger partial charge on any atom is -0.508 e. The van der Waals surface area contributed by atoms with Crippen molar-refractivity contribution in [3.8, 4) is 17.2 Å². The van der Waals surface area contributed by atoms with Crippen LogP contribution in [0.1, 0.15) is 37.3 Å². The fourth-order valence-electron chi connectivity index (χ4n) is 2.77. The third kappa shape index (κ3) is 3.25. The maximum atomic E-state index is 9.76. The summed E-state index contributed by atoms with van der Waals surface area (Å²) in [4.78, 5) is 0. The fourth-order valence-corrected chi connectivity index (χ4v) is 2.77. The lowest BCUT2D eigenvalue weighted by molar-refractivity contribution is 0.373. The zero-order valence-electron chi connectivity index (χ0n) is 13.2. The first-order valence-electron chi connectivity index (χ1n) is 7.43. The van der Waals surface area contributed by atoms with Gasteiger partial charge in [-0.25, -0.2) is 0 Å². The molecule has 0 saturated heterocycles. The number of rotatable bonds is 5. The third-order valence-corrected chi connectivity index (χ3v) is 3.90. The molecule has 0 heterocycles. The van der Waals surface area contributed by atoms with Gasteiger partial charge in [-0.2, -0.15) is 0 Å². The Labute approximate surface area is 131 Å². The van der Waals surface area contributed by atoms with Gasteiger partial charge in [0.25, 0.3) is 0 Å². The molecule has 2 aromatic rings. The van der Waals surface area contributed by atoms with Crippen molar-refractivity contribution >= 4 is 5.57 Å². The third-order valence-electron chi connectivity index (χ3n) is 3.90. The highest BCUT2D eigenvalue weighted by Crippen LogP contribution is 2.38. The van der Waals surface area contributed by atoms with Gasteiger partial charge in [-0.3, -0.25) is 0 Å². The van der Waals surface area contributed by atoms with E-state index in [0.29, 0.717) is 5.75 Å². The molecule has 22 heavy (non-hydrogen) atoms. The molecular formula is C19H22O3. The minimum absolute atomic E-state index is 0.138. The molecule has 0 aliphatic heterocycles. The number of phenolic OH excluding ortho intramolecular Hbond substituents is 2. The van der Waals surface area contributed by atoms with E-state index in [2.05, 4.69) is 13.0 Å². The average molecular weight is 298 g/mol. The lowest BCUT2D eigenvalue weighted by atomic mass is 9.84. The van der Waals surface area contributed by atoms with Gasteiger partial charge in [0.05, 0.1) is 7.11 Å². The van der Waals surface area contributed by atoms with Gasteiger partial charge in [0.2, 0.25) is 0 Å².